The molecule has 3 rings (SSSR count). The fourth-order valence-electron chi connectivity index (χ4n) is 3.48. The first-order valence-corrected chi connectivity index (χ1v) is 9.32. The van der Waals surface area contributed by atoms with Crippen molar-refractivity contribution < 1.29 is 19.5 Å². The lowest BCUT2D eigenvalue weighted by Gasteiger charge is -2.18. The van der Waals surface area contributed by atoms with Gasteiger partial charge in [0.2, 0.25) is 5.91 Å². The summed E-state index contributed by atoms with van der Waals surface area (Å²) >= 11 is 0. The predicted molar refractivity (Wildman–Crippen MR) is 108 cm³/mol. The van der Waals surface area contributed by atoms with Crippen LogP contribution in [0.4, 0.5) is 11.4 Å². The van der Waals surface area contributed by atoms with Crippen LogP contribution in [0, 0.1) is 12.8 Å². The van der Waals surface area contributed by atoms with Gasteiger partial charge in [-0.3, -0.25) is 14.4 Å². The molecule has 1 atom stereocenters. The van der Waals surface area contributed by atoms with Crippen LogP contribution in [0.25, 0.3) is 0 Å². The molecular weight excluding hydrogens is 356 g/mol. The van der Waals surface area contributed by atoms with Crippen molar-refractivity contribution in [3.63, 3.8) is 0 Å². The van der Waals surface area contributed by atoms with E-state index in [-0.39, 0.29) is 24.3 Å². The Hall–Kier alpha value is -3.15. The van der Waals surface area contributed by atoms with E-state index in [4.69, 9.17) is 0 Å². The van der Waals surface area contributed by atoms with Crippen molar-refractivity contribution >= 4 is 29.2 Å². The molecule has 1 unspecified atom stereocenters. The largest absolute Gasteiger partial charge is 0.481 e. The summed E-state index contributed by atoms with van der Waals surface area (Å²) in [6.07, 6.45) is 0.432. The summed E-state index contributed by atoms with van der Waals surface area (Å²) in [6.45, 7) is 5.90. The highest BCUT2D eigenvalue weighted by molar-refractivity contribution is 6.09. The minimum atomic E-state index is -0.942. The van der Waals surface area contributed by atoms with E-state index in [0.29, 0.717) is 28.9 Å². The molecule has 2 aromatic carbocycles. The molecule has 2 aromatic rings. The number of carboxylic acid groups (broad SMARTS) is 1. The van der Waals surface area contributed by atoms with Crippen molar-refractivity contribution in [2.75, 3.05) is 16.8 Å². The summed E-state index contributed by atoms with van der Waals surface area (Å²) in [5.41, 5.74) is 3.20. The van der Waals surface area contributed by atoms with E-state index >= 15 is 0 Å². The molecule has 0 bridgehead atoms. The highest BCUT2D eigenvalue weighted by atomic mass is 16.4. The number of carbonyl (C=O) groups is 3. The van der Waals surface area contributed by atoms with Crippen molar-refractivity contribution in [1.82, 2.24) is 0 Å². The predicted octanol–water partition coefficient (Wildman–Crippen LogP) is 3.81. The fraction of sp³-hybridized carbons (Fsp3) is 0.318. The number of anilines is 2. The first kappa shape index (κ1) is 19.6. The quantitative estimate of drug-likeness (QED) is 0.826. The number of fused-ring (bicyclic) bond motifs is 1. The van der Waals surface area contributed by atoms with Crippen molar-refractivity contribution in [2.24, 2.45) is 5.92 Å². The van der Waals surface area contributed by atoms with Gasteiger partial charge in [0.05, 0.1) is 0 Å². The molecule has 6 heteroatoms. The highest BCUT2D eigenvalue weighted by Crippen LogP contribution is 2.37. The molecule has 0 radical (unpaired) electrons. The van der Waals surface area contributed by atoms with Gasteiger partial charge in [0.25, 0.3) is 5.91 Å². The van der Waals surface area contributed by atoms with Gasteiger partial charge >= 0.3 is 5.97 Å². The molecule has 2 N–H and O–H groups in total. The van der Waals surface area contributed by atoms with Crippen molar-refractivity contribution in [2.45, 2.75) is 33.1 Å². The Morgan fingerprint density at radius 1 is 1.18 bits per heavy atom. The first-order chi connectivity index (χ1) is 13.3. The number of carboxylic acids is 1. The second kappa shape index (κ2) is 7.84. The van der Waals surface area contributed by atoms with Crippen LogP contribution in [-0.2, 0) is 9.59 Å². The Morgan fingerprint density at radius 3 is 2.54 bits per heavy atom. The normalized spacial score (nSPS) is 15.4. The Kier molecular flexibility index (Phi) is 5.49. The fourth-order valence-corrected chi connectivity index (χ4v) is 3.48. The Morgan fingerprint density at radius 2 is 1.89 bits per heavy atom. The average Bonchev–Trinajstić information content (AvgIpc) is 3.02. The van der Waals surface area contributed by atoms with Crippen LogP contribution in [0.2, 0.25) is 0 Å². The average molecular weight is 380 g/mol. The van der Waals surface area contributed by atoms with Gasteiger partial charge in [0.15, 0.2) is 0 Å². The molecule has 6 nitrogen and oxygen atoms in total. The number of aliphatic carboxylic acids is 1. The zero-order valence-electron chi connectivity index (χ0n) is 16.2. The van der Waals surface area contributed by atoms with Crippen LogP contribution in [0.5, 0.6) is 0 Å². The smallest absolute Gasteiger partial charge is 0.312 e. The molecule has 1 aliphatic rings. The van der Waals surface area contributed by atoms with Crippen molar-refractivity contribution in [1.29, 1.82) is 0 Å². The van der Waals surface area contributed by atoms with Gasteiger partial charge in [-0.05, 0) is 48.2 Å². The Labute approximate surface area is 164 Å². The summed E-state index contributed by atoms with van der Waals surface area (Å²) in [7, 11) is 0. The molecular formula is C22H24N2O4. The van der Waals surface area contributed by atoms with Crippen LogP contribution in [0.15, 0.2) is 42.5 Å². The van der Waals surface area contributed by atoms with Gasteiger partial charge in [0.1, 0.15) is 5.92 Å². The molecule has 0 aromatic heterocycles. The number of carbonyl (C=O) groups excluding carboxylic acids is 2. The third-order valence-corrected chi connectivity index (χ3v) is 4.85. The lowest BCUT2D eigenvalue weighted by Crippen LogP contribution is -2.31. The first-order valence-electron chi connectivity index (χ1n) is 9.32. The van der Waals surface area contributed by atoms with E-state index in [1.54, 1.807) is 42.5 Å². The third-order valence-electron chi connectivity index (χ3n) is 4.85. The number of rotatable bonds is 5. The van der Waals surface area contributed by atoms with Gasteiger partial charge in [-0.15, -0.1) is 0 Å². The van der Waals surface area contributed by atoms with E-state index in [1.807, 2.05) is 20.8 Å². The van der Waals surface area contributed by atoms with Crippen LogP contribution in [0.1, 0.15) is 47.7 Å². The van der Waals surface area contributed by atoms with E-state index in [1.165, 1.54) is 4.90 Å². The maximum atomic E-state index is 13.1. The molecule has 1 heterocycles. The number of benzene rings is 2. The number of hydrogen-bond donors (Lipinski definition) is 2. The van der Waals surface area contributed by atoms with Gasteiger partial charge in [-0.25, -0.2) is 0 Å². The van der Waals surface area contributed by atoms with E-state index < -0.39 is 11.9 Å². The van der Waals surface area contributed by atoms with Crippen LogP contribution in [0.3, 0.4) is 0 Å². The second-order valence-electron chi connectivity index (χ2n) is 7.54. The van der Waals surface area contributed by atoms with E-state index in [0.717, 1.165) is 5.56 Å². The second-order valence-corrected chi connectivity index (χ2v) is 7.54. The third kappa shape index (κ3) is 3.91. The number of para-hydroxylation sites is 1. The number of amides is 2. The standard InChI is InChI=1S/C22H24N2O4/c1-13(2)10-20(25)23-18-9-8-15(11-14(18)3)21(26)24-12-17(22(27)28)16-6-4-5-7-19(16)24/h4-9,11,13,17H,10,12H2,1-3H3,(H,23,25)(H,27,28). The summed E-state index contributed by atoms with van der Waals surface area (Å²) in [4.78, 5) is 38.1. The number of hydrogen-bond acceptors (Lipinski definition) is 3. The van der Waals surface area contributed by atoms with E-state index in [2.05, 4.69) is 5.32 Å². The van der Waals surface area contributed by atoms with Gasteiger partial charge in [-0.2, -0.15) is 0 Å². The molecule has 0 aliphatic carbocycles. The lowest BCUT2D eigenvalue weighted by molar-refractivity contribution is -0.138. The van der Waals surface area contributed by atoms with Crippen LogP contribution < -0.4 is 10.2 Å². The monoisotopic (exact) mass is 380 g/mol. The minimum absolute atomic E-state index is 0.0602. The summed E-state index contributed by atoms with van der Waals surface area (Å²) in [5.74, 6) is -1.72. The molecule has 0 spiro atoms. The summed E-state index contributed by atoms with van der Waals surface area (Å²) < 4.78 is 0. The lowest BCUT2D eigenvalue weighted by atomic mass is 10.0. The molecule has 0 saturated heterocycles. The zero-order valence-corrected chi connectivity index (χ0v) is 16.2. The number of nitrogens with zero attached hydrogens (tertiary/aromatic N) is 1. The van der Waals surface area contributed by atoms with Crippen molar-refractivity contribution in [3.8, 4) is 0 Å². The van der Waals surface area contributed by atoms with Gasteiger partial charge in [0, 0.05) is 29.9 Å². The van der Waals surface area contributed by atoms with Gasteiger partial charge < -0.3 is 15.3 Å². The van der Waals surface area contributed by atoms with Gasteiger partial charge in [-0.1, -0.05) is 32.0 Å². The van der Waals surface area contributed by atoms with E-state index in [9.17, 15) is 19.5 Å². The minimum Gasteiger partial charge on any atom is -0.481 e. The van der Waals surface area contributed by atoms with Crippen molar-refractivity contribution in [3.05, 3.63) is 59.2 Å². The summed E-state index contributed by atoms with van der Waals surface area (Å²) in [6, 6.07) is 12.2. The number of nitrogens with one attached hydrogen (secondary N) is 1. The van der Waals surface area contributed by atoms with Crippen LogP contribution >= 0.6 is 0 Å². The Balaban J connectivity index is 1.83. The molecule has 28 heavy (non-hydrogen) atoms. The molecule has 0 fully saturated rings. The maximum absolute atomic E-state index is 13.1. The van der Waals surface area contributed by atoms with Crippen LogP contribution in [-0.4, -0.2) is 29.4 Å². The molecule has 2 amide bonds. The summed E-state index contributed by atoms with van der Waals surface area (Å²) in [5, 5.41) is 12.4. The maximum Gasteiger partial charge on any atom is 0.312 e. The SMILES string of the molecule is Cc1cc(C(=O)N2CC(C(=O)O)c3ccccc32)ccc1NC(=O)CC(C)C. The number of aryl methyl sites for hydroxylation is 1. The molecule has 146 valence electrons. The topological polar surface area (TPSA) is 86.7 Å². The highest BCUT2D eigenvalue weighted by Gasteiger charge is 2.36. The Bertz CT molecular complexity index is 936. The molecule has 1 aliphatic heterocycles. The molecule has 0 saturated carbocycles. The zero-order chi connectivity index (χ0) is 20.4.